The predicted molar refractivity (Wildman–Crippen MR) is 109 cm³/mol. The molecule has 164 valence electrons. The number of benzene rings is 1. The number of anilines is 2. The average molecular weight is 455 g/mol. The van der Waals surface area contributed by atoms with Gasteiger partial charge in [-0.3, -0.25) is 0 Å². The van der Waals surface area contributed by atoms with Crippen LogP contribution in [0.3, 0.4) is 0 Å². The van der Waals surface area contributed by atoms with Gasteiger partial charge in [0, 0.05) is 37.8 Å². The molecule has 0 aliphatic carbocycles. The van der Waals surface area contributed by atoms with Crippen molar-refractivity contribution in [2.75, 3.05) is 23.7 Å². The lowest BCUT2D eigenvalue weighted by Gasteiger charge is -2.32. The maximum Gasteiger partial charge on any atom is 0.419 e. The lowest BCUT2D eigenvalue weighted by molar-refractivity contribution is -0.139. The van der Waals surface area contributed by atoms with Crippen molar-refractivity contribution in [3.63, 3.8) is 0 Å². The third kappa shape index (κ3) is 4.16. The number of aryl methyl sites for hydroxylation is 1. The number of piperidine rings is 1. The highest BCUT2D eigenvalue weighted by Gasteiger charge is 2.34. The van der Waals surface area contributed by atoms with E-state index in [1.807, 2.05) is 9.47 Å². The fourth-order valence-corrected chi connectivity index (χ4v) is 4.06. The number of rotatable bonds is 3. The minimum Gasteiger partial charge on any atom is -0.382 e. The number of aromatic nitrogens is 4. The van der Waals surface area contributed by atoms with Crippen LogP contribution < -0.4 is 10.6 Å². The molecule has 0 atom stereocenters. The molecular weight excluding hydrogens is 436 g/mol. The Hall–Kier alpha value is -2.88. The molecule has 0 amide bonds. The Labute approximate surface area is 180 Å². The van der Waals surface area contributed by atoms with Crippen molar-refractivity contribution in [2.45, 2.75) is 24.9 Å². The first-order valence-electron chi connectivity index (χ1n) is 9.56. The van der Waals surface area contributed by atoms with E-state index in [4.69, 9.17) is 17.3 Å². The molecule has 31 heavy (non-hydrogen) atoms. The van der Waals surface area contributed by atoms with Gasteiger partial charge >= 0.3 is 6.18 Å². The lowest BCUT2D eigenvalue weighted by atomic mass is 9.96. The average Bonchev–Trinajstić information content (AvgIpc) is 3.11. The summed E-state index contributed by atoms with van der Waals surface area (Å²) in [4.78, 5) is 14.7. The summed E-state index contributed by atoms with van der Waals surface area (Å²) in [6, 6.07) is 2.93. The first-order valence-corrected chi connectivity index (χ1v) is 9.94. The maximum absolute atomic E-state index is 13.6. The monoisotopic (exact) mass is 454 g/mol. The van der Waals surface area contributed by atoms with Crippen LogP contribution in [0, 0.1) is 5.82 Å². The first kappa shape index (κ1) is 21.4. The zero-order valence-corrected chi connectivity index (χ0v) is 17.3. The zero-order chi connectivity index (χ0) is 22.3. The van der Waals surface area contributed by atoms with Gasteiger partial charge in [-0.2, -0.15) is 13.2 Å². The molecule has 2 aromatic heterocycles. The molecule has 0 unspecified atom stereocenters. The second kappa shape index (κ2) is 7.99. The van der Waals surface area contributed by atoms with Crippen molar-refractivity contribution in [1.82, 2.24) is 19.5 Å². The summed E-state index contributed by atoms with van der Waals surface area (Å²) in [6.07, 6.45) is -0.234. The van der Waals surface area contributed by atoms with E-state index >= 15 is 0 Å². The molecule has 0 spiro atoms. The van der Waals surface area contributed by atoms with Crippen molar-refractivity contribution in [3.8, 4) is 11.3 Å². The van der Waals surface area contributed by atoms with Gasteiger partial charge in [0.1, 0.15) is 28.8 Å². The smallest absolute Gasteiger partial charge is 0.382 e. The largest absolute Gasteiger partial charge is 0.419 e. The van der Waals surface area contributed by atoms with E-state index in [1.54, 1.807) is 13.2 Å². The Balaban J connectivity index is 1.54. The van der Waals surface area contributed by atoms with E-state index in [0.717, 1.165) is 30.8 Å². The standard InChI is InChI=1S/C20H19ClF4N6/c1-30-9-15(12-2-3-14(22)13(8-12)20(23,24)25)29-18(30)11-4-6-31(7-5-11)19-16(21)17(26)27-10-28-19/h2-3,8-11H,4-7H2,1H3,(H2,26,27,28). The van der Waals surface area contributed by atoms with Crippen LogP contribution in [0.1, 0.15) is 30.1 Å². The van der Waals surface area contributed by atoms with Gasteiger partial charge in [-0.05, 0) is 31.0 Å². The van der Waals surface area contributed by atoms with Crippen molar-refractivity contribution in [2.24, 2.45) is 7.05 Å². The molecule has 11 heteroatoms. The number of imidazole rings is 1. The summed E-state index contributed by atoms with van der Waals surface area (Å²) in [5.74, 6) is 0.374. The van der Waals surface area contributed by atoms with Crippen LogP contribution in [-0.4, -0.2) is 32.6 Å². The van der Waals surface area contributed by atoms with Gasteiger partial charge < -0.3 is 15.2 Å². The summed E-state index contributed by atoms with van der Waals surface area (Å²) in [6.45, 7) is 1.33. The van der Waals surface area contributed by atoms with E-state index < -0.39 is 17.6 Å². The third-order valence-corrected chi connectivity index (χ3v) is 5.80. The molecule has 1 fully saturated rings. The molecule has 2 N–H and O–H groups in total. The van der Waals surface area contributed by atoms with Crippen LogP contribution >= 0.6 is 11.6 Å². The Morgan fingerprint density at radius 3 is 2.55 bits per heavy atom. The van der Waals surface area contributed by atoms with Gasteiger partial charge in [-0.15, -0.1) is 0 Å². The predicted octanol–water partition coefficient (Wildman–Crippen LogP) is 4.65. The molecule has 0 radical (unpaired) electrons. The summed E-state index contributed by atoms with van der Waals surface area (Å²) in [5, 5.41) is 0.317. The van der Waals surface area contributed by atoms with Gasteiger partial charge in [-0.25, -0.2) is 19.3 Å². The molecule has 6 nitrogen and oxygen atoms in total. The van der Waals surface area contributed by atoms with Crippen molar-refractivity contribution in [1.29, 1.82) is 0 Å². The SMILES string of the molecule is Cn1cc(-c2ccc(F)c(C(F)(F)F)c2)nc1C1CCN(c2ncnc(N)c2Cl)CC1. The van der Waals surface area contributed by atoms with Gasteiger partial charge in [-0.1, -0.05) is 11.6 Å². The van der Waals surface area contributed by atoms with Crippen LogP contribution in [0.5, 0.6) is 0 Å². The second-order valence-electron chi connectivity index (χ2n) is 7.45. The van der Waals surface area contributed by atoms with Crippen molar-refractivity contribution >= 4 is 23.2 Å². The van der Waals surface area contributed by atoms with Crippen LogP contribution in [-0.2, 0) is 13.2 Å². The van der Waals surface area contributed by atoms with E-state index in [1.165, 1.54) is 12.4 Å². The van der Waals surface area contributed by atoms with Crippen LogP contribution in [0.25, 0.3) is 11.3 Å². The lowest BCUT2D eigenvalue weighted by Crippen LogP contribution is -2.34. The minimum atomic E-state index is -4.77. The molecule has 1 aromatic carbocycles. The number of alkyl halides is 3. The normalized spacial score (nSPS) is 15.5. The van der Waals surface area contributed by atoms with E-state index in [-0.39, 0.29) is 17.3 Å². The van der Waals surface area contributed by atoms with Gasteiger partial charge in [0.2, 0.25) is 0 Å². The molecule has 1 aliphatic heterocycles. The molecule has 1 saturated heterocycles. The first-order chi connectivity index (χ1) is 14.6. The highest BCUT2D eigenvalue weighted by Crippen LogP contribution is 2.36. The van der Waals surface area contributed by atoms with E-state index in [0.29, 0.717) is 29.6 Å². The van der Waals surface area contributed by atoms with Crippen LogP contribution in [0.2, 0.25) is 5.02 Å². The molecule has 3 aromatic rings. The third-order valence-electron chi connectivity index (χ3n) is 5.44. The Kier molecular flexibility index (Phi) is 5.50. The summed E-state index contributed by atoms with van der Waals surface area (Å²) in [5.41, 5.74) is 5.04. The maximum atomic E-state index is 13.6. The fraction of sp³-hybridized carbons (Fsp3) is 0.350. The number of hydrogen-bond acceptors (Lipinski definition) is 5. The van der Waals surface area contributed by atoms with Gasteiger partial charge in [0.25, 0.3) is 0 Å². The molecule has 1 aliphatic rings. The number of nitrogens with zero attached hydrogens (tertiary/aromatic N) is 5. The molecular formula is C20H19ClF4N6. The second-order valence-corrected chi connectivity index (χ2v) is 7.82. The highest BCUT2D eigenvalue weighted by molar-refractivity contribution is 6.35. The summed E-state index contributed by atoms with van der Waals surface area (Å²) in [7, 11) is 1.80. The van der Waals surface area contributed by atoms with Crippen molar-refractivity contribution in [3.05, 3.63) is 53.0 Å². The molecule has 0 bridgehead atoms. The number of hydrogen-bond donors (Lipinski definition) is 1. The van der Waals surface area contributed by atoms with Crippen LogP contribution in [0.15, 0.2) is 30.7 Å². The number of nitrogen functional groups attached to an aromatic ring is 1. The Bertz CT molecular complexity index is 1110. The summed E-state index contributed by atoms with van der Waals surface area (Å²) >= 11 is 6.22. The van der Waals surface area contributed by atoms with Gasteiger partial charge in [0.15, 0.2) is 5.82 Å². The van der Waals surface area contributed by atoms with Gasteiger partial charge in [0.05, 0.1) is 11.3 Å². The van der Waals surface area contributed by atoms with E-state index in [9.17, 15) is 17.6 Å². The highest BCUT2D eigenvalue weighted by atomic mass is 35.5. The summed E-state index contributed by atoms with van der Waals surface area (Å²) < 4.78 is 54.6. The fourth-order valence-electron chi connectivity index (χ4n) is 3.84. The zero-order valence-electron chi connectivity index (χ0n) is 16.5. The Morgan fingerprint density at radius 2 is 1.87 bits per heavy atom. The Morgan fingerprint density at radius 1 is 1.16 bits per heavy atom. The topological polar surface area (TPSA) is 72.9 Å². The molecule has 0 saturated carbocycles. The quantitative estimate of drug-likeness (QED) is 0.583. The van der Waals surface area contributed by atoms with Crippen LogP contribution in [0.4, 0.5) is 29.2 Å². The molecule has 4 rings (SSSR count). The molecule has 3 heterocycles. The van der Waals surface area contributed by atoms with Crippen molar-refractivity contribution < 1.29 is 17.6 Å². The minimum absolute atomic E-state index is 0.107. The number of halogens is 5. The number of nitrogens with two attached hydrogens (primary N) is 1. The van der Waals surface area contributed by atoms with E-state index in [2.05, 4.69) is 15.0 Å².